The van der Waals surface area contributed by atoms with E-state index in [1.165, 1.54) is 38.5 Å². The normalized spacial score (nSPS) is 44.4. The van der Waals surface area contributed by atoms with Crippen molar-refractivity contribution >= 4 is 0 Å². The lowest BCUT2D eigenvalue weighted by Crippen LogP contribution is -2.43. The van der Waals surface area contributed by atoms with Crippen molar-refractivity contribution in [2.45, 2.75) is 51.6 Å². The smallest absolute Gasteiger partial charge is 0.0576 e. The largest absolute Gasteiger partial charge is 0.393 e. The van der Waals surface area contributed by atoms with Gasteiger partial charge in [-0.3, -0.25) is 0 Å². The van der Waals surface area contributed by atoms with Crippen LogP contribution in [0.15, 0.2) is 12.7 Å². The van der Waals surface area contributed by atoms with Gasteiger partial charge >= 0.3 is 0 Å². The van der Waals surface area contributed by atoms with Crippen LogP contribution in [0.25, 0.3) is 0 Å². The molecule has 2 unspecified atom stereocenters. The maximum Gasteiger partial charge on any atom is 0.0576 e. The molecule has 1 N–H and O–H groups in total. The number of rotatable bonds is 2. The highest BCUT2D eigenvalue weighted by atomic mass is 16.3. The molecule has 0 aromatic carbocycles. The van der Waals surface area contributed by atoms with Gasteiger partial charge in [0.25, 0.3) is 0 Å². The molecule has 0 radical (unpaired) electrons. The lowest BCUT2D eigenvalue weighted by Gasteiger charge is -2.45. The molecule has 2 rings (SSSR count). The van der Waals surface area contributed by atoms with Gasteiger partial charge < -0.3 is 5.11 Å². The molecule has 0 heterocycles. The second kappa shape index (κ2) is 3.69. The molecular weight excluding hydrogens is 172 g/mol. The van der Waals surface area contributed by atoms with Gasteiger partial charge in [0.1, 0.15) is 0 Å². The van der Waals surface area contributed by atoms with Crippen molar-refractivity contribution in [3.8, 4) is 0 Å². The third-order valence-electron chi connectivity index (χ3n) is 4.75. The Kier molecular flexibility index (Phi) is 2.70. The summed E-state index contributed by atoms with van der Waals surface area (Å²) in [5.41, 5.74) is 0.194. The standard InChI is InChI=1S/C13H22O/c1-3-11-7-8-12-6-4-5-9-13(11,12)10(2)14/h3,10-12,14H,1,4-9H2,2H3/t10?,11?,12-,13-/m1/s1. The Balaban J connectivity index is 2.29. The van der Waals surface area contributed by atoms with Gasteiger partial charge in [-0.05, 0) is 44.4 Å². The number of hydrogen-bond acceptors (Lipinski definition) is 1. The first-order valence-corrected chi connectivity index (χ1v) is 6.02. The van der Waals surface area contributed by atoms with E-state index in [9.17, 15) is 5.11 Å². The average Bonchev–Trinajstić information content (AvgIpc) is 2.57. The summed E-state index contributed by atoms with van der Waals surface area (Å²) in [6.07, 6.45) is 9.70. The molecule has 2 aliphatic carbocycles. The topological polar surface area (TPSA) is 20.2 Å². The average molecular weight is 194 g/mol. The zero-order valence-corrected chi connectivity index (χ0v) is 9.21. The Hall–Kier alpha value is -0.300. The molecule has 0 spiro atoms. The summed E-state index contributed by atoms with van der Waals surface area (Å²) in [4.78, 5) is 0. The van der Waals surface area contributed by atoms with Crippen LogP contribution >= 0.6 is 0 Å². The highest BCUT2D eigenvalue weighted by Crippen LogP contribution is 2.57. The first kappa shape index (κ1) is 10.2. The number of allylic oxidation sites excluding steroid dienone is 1. The molecule has 0 amide bonds. The molecule has 2 fully saturated rings. The minimum atomic E-state index is -0.154. The first-order chi connectivity index (χ1) is 6.71. The maximum absolute atomic E-state index is 10.1. The van der Waals surface area contributed by atoms with Gasteiger partial charge in [0.05, 0.1) is 6.10 Å². The summed E-state index contributed by atoms with van der Waals surface area (Å²) < 4.78 is 0. The van der Waals surface area contributed by atoms with E-state index in [0.717, 1.165) is 5.92 Å². The Morgan fingerprint density at radius 3 is 2.79 bits per heavy atom. The van der Waals surface area contributed by atoms with Crippen molar-refractivity contribution in [1.82, 2.24) is 0 Å². The van der Waals surface area contributed by atoms with Gasteiger partial charge in [-0.15, -0.1) is 6.58 Å². The van der Waals surface area contributed by atoms with Gasteiger partial charge in [-0.25, -0.2) is 0 Å². The molecule has 2 saturated carbocycles. The predicted molar refractivity (Wildman–Crippen MR) is 59.0 cm³/mol. The van der Waals surface area contributed by atoms with Crippen LogP contribution in [-0.4, -0.2) is 11.2 Å². The second-order valence-electron chi connectivity index (χ2n) is 5.15. The minimum absolute atomic E-state index is 0.154. The van der Waals surface area contributed by atoms with Gasteiger partial charge in [0, 0.05) is 5.41 Å². The fraction of sp³-hybridized carbons (Fsp3) is 0.846. The van der Waals surface area contributed by atoms with Crippen molar-refractivity contribution in [3.05, 3.63) is 12.7 Å². The Bertz CT molecular complexity index is 221. The molecule has 2 aliphatic rings. The summed E-state index contributed by atoms with van der Waals surface area (Å²) in [6.45, 7) is 5.94. The molecule has 0 aromatic heterocycles. The SMILES string of the molecule is C=CC1CC[C@H]2CCCC[C@@]12C(C)O. The Morgan fingerprint density at radius 1 is 1.36 bits per heavy atom. The summed E-state index contributed by atoms with van der Waals surface area (Å²) in [6, 6.07) is 0. The van der Waals surface area contributed by atoms with Crippen molar-refractivity contribution in [1.29, 1.82) is 0 Å². The molecule has 80 valence electrons. The molecule has 0 saturated heterocycles. The summed E-state index contributed by atoms with van der Waals surface area (Å²) in [5.74, 6) is 1.33. The predicted octanol–water partition coefficient (Wildman–Crippen LogP) is 3.14. The van der Waals surface area contributed by atoms with E-state index in [2.05, 4.69) is 12.7 Å². The van der Waals surface area contributed by atoms with Gasteiger partial charge in [-0.1, -0.05) is 18.9 Å². The number of aliphatic hydroxyl groups excluding tert-OH is 1. The van der Waals surface area contributed by atoms with Crippen LogP contribution < -0.4 is 0 Å². The molecule has 0 aromatic rings. The van der Waals surface area contributed by atoms with Gasteiger partial charge in [-0.2, -0.15) is 0 Å². The van der Waals surface area contributed by atoms with E-state index in [-0.39, 0.29) is 11.5 Å². The zero-order chi connectivity index (χ0) is 10.2. The van der Waals surface area contributed by atoms with Crippen molar-refractivity contribution in [2.24, 2.45) is 17.3 Å². The van der Waals surface area contributed by atoms with Gasteiger partial charge in [0.2, 0.25) is 0 Å². The van der Waals surface area contributed by atoms with Crippen LogP contribution in [-0.2, 0) is 0 Å². The van der Waals surface area contributed by atoms with Crippen LogP contribution in [0.3, 0.4) is 0 Å². The quantitative estimate of drug-likeness (QED) is 0.670. The van der Waals surface area contributed by atoms with E-state index >= 15 is 0 Å². The van der Waals surface area contributed by atoms with Crippen molar-refractivity contribution in [2.75, 3.05) is 0 Å². The summed E-state index contributed by atoms with van der Waals surface area (Å²) >= 11 is 0. The lowest BCUT2D eigenvalue weighted by molar-refractivity contribution is -0.0381. The number of hydrogen-bond donors (Lipinski definition) is 1. The molecule has 14 heavy (non-hydrogen) atoms. The molecule has 4 atom stereocenters. The molecule has 0 aliphatic heterocycles. The summed E-state index contributed by atoms with van der Waals surface area (Å²) in [7, 11) is 0. The number of aliphatic hydroxyl groups is 1. The van der Waals surface area contributed by atoms with E-state index < -0.39 is 0 Å². The minimum Gasteiger partial charge on any atom is -0.393 e. The van der Waals surface area contributed by atoms with Crippen molar-refractivity contribution in [3.63, 3.8) is 0 Å². The third kappa shape index (κ3) is 1.25. The van der Waals surface area contributed by atoms with Crippen LogP contribution in [0.5, 0.6) is 0 Å². The monoisotopic (exact) mass is 194 g/mol. The summed E-state index contributed by atoms with van der Waals surface area (Å²) in [5, 5.41) is 10.1. The maximum atomic E-state index is 10.1. The van der Waals surface area contributed by atoms with Crippen LogP contribution in [0.4, 0.5) is 0 Å². The zero-order valence-electron chi connectivity index (χ0n) is 9.21. The van der Waals surface area contributed by atoms with Crippen LogP contribution in [0, 0.1) is 17.3 Å². The fourth-order valence-electron chi connectivity index (χ4n) is 4.04. The van der Waals surface area contributed by atoms with Crippen LogP contribution in [0.1, 0.15) is 45.4 Å². The Labute approximate surface area is 87.2 Å². The van der Waals surface area contributed by atoms with Crippen molar-refractivity contribution < 1.29 is 5.11 Å². The van der Waals surface area contributed by atoms with Crippen LogP contribution in [0.2, 0.25) is 0 Å². The second-order valence-corrected chi connectivity index (χ2v) is 5.15. The van der Waals surface area contributed by atoms with E-state index in [0.29, 0.717) is 5.92 Å². The third-order valence-corrected chi connectivity index (χ3v) is 4.75. The van der Waals surface area contributed by atoms with E-state index in [1.807, 2.05) is 6.92 Å². The molecule has 0 bridgehead atoms. The molecule has 1 heteroatoms. The first-order valence-electron chi connectivity index (χ1n) is 6.02. The van der Waals surface area contributed by atoms with E-state index in [4.69, 9.17) is 0 Å². The highest BCUT2D eigenvalue weighted by Gasteiger charge is 2.52. The molecular formula is C13H22O. The molecule has 1 nitrogen and oxygen atoms in total. The fourth-order valence-corrected chi connectivity index (χ4v) is 4.04. The highest BCUT2D eigenvalue weighted by molar-refractivity contribution is 5.07. The Morgan fingerprint density at radius 2 is 2.14 bits per heavy atom. The number of fused-ring (bicyclic) bond motifs is 1. The van der Waals surface area contributed by atoms with Gasteiger partial charge in [0.15, 0.2) is 0 Å². The van der Waals surface area contributed by atoms with E-state index in [1.54, 1.807) is 0 Å². The lowest BCUT2D eigenvalue weighted by atomic mass is 9.61.